The van der Waals surface area contributed by atoms with Crippen LogP contribution in [0.5, 0.6) is 11.5 Å². The van der Waals surface area contributed by atoms with Crippen molar-refractivity contribution in [1.29, 1.82) is 0 Å². The third-order valence-corrected chi connectivity index (χ3v) is 4.43. The summed E-state index contributed by atoms with van der Waals surface area (Å²) < 4.78 is 10.7. The van der Waals surface area contributed by atoms with Gasteiger partial charge in [-0.3, -0.25) is 9.59 Å². The summed E-state index contributed by atoms with van der Waals surface area (Å²) in [5, 5.41) is 3.18. The molecule has 6 heteroatoms. The fourth-order valence-electron chi connectivity index (χ4n) is 2.96. The first-order valence-electron chi connectivity index (χ1n) is 9.08. The molecule has 2 aromatic carbocycles. The van der Waals surface area contributed by atoms with E-state index in [4.69, 9.17) is 9.47 Å². The largest absolute Gasteiger partial charge is 0.497 e. The van der Waals surface area contributed by atoms with Crippen molar-refractivity contribution in [1.82, 2.24) is 5.32 Å². The Labute approximate surface area is 159 Å². The summed E-state index contributed by atoms with van der Waals surface area (Å²) in [7, 11) is 1.62. The summed E-state index contributed by atoms with van der Waals surface area (Å²) in [5.41, 5.74) is 1.59. The smallest absolute Gasteiger partial charge is 0.251 e. The van der Waals surface area contributed by atoms with Gasteiger partial charge in [-0.2, -0.15) is 0 Å². The standard InChI is InChI=1S/C21H24N2O4/c1-3-12-27-18-10-6-16(7-11-18)23-20(24)13-19(21(23)25)22-14-15-4-8-17(26-2)9-5-15/h4-11,19,22H,3,12-14H2,1-2H3/t19-/m0/s1. The molecule has 0 saturated carbocycles. The van der Waals surface area contributed by atoms with Gasteiger partial charge in [-0.25, -0.2) is 4.90 Å². The maximum Gasteiger partial charge on any atom is 0.251 e. The molecule has 0 unspecified atom stereocenters. The molecule has 1 N–H and O–H groups in total. The van der Waals surface area contributed by atoms with Crippen molar-refractivity contribution < 1.29 is 19.1 Å². The number of nitrogens with zero attached hydrogens (tertiary/aromatic N) is 1. The number of rotatable bonds is 8. The Kier molecular flexibility index (Phi) is 6.08. The summed E-state index contributed by atoms with van der Waals surface area (Å²) in [6, 6.07) is 14.1. The number of imide groups is 1. The second-order valence-corrected chi connectivity index (χ2v) is 6.40. The summed E-state index contributed by atoms with van der Waals surface area (Å²) in [6.45, 7) is 3.18. The van der Waals surface area contributed by atoms with Crippen LogP contribution in [0.2, 0.25) is 0 Å². The molecule has 6 nitrogen and oxygen atoms in total. The van der Waals surface area contributed by atoms with Gasteiger partial charge in [0.25, 0.3) is 5.91 Å². The molecular weight excluding hydrogens is 344 g/mol. The zero-order valence-electron chi connectivity index (χ0n) is 15.6. The Morgan fingerprint density at radius 1 is 1.04 bits per heavy atom. The molecule has 27 heavy (non-hydrogen) atoms. The number of benzene rings is 2. The summed E-state index contributed by atoms with van der Waals surface area (Å²) in [5.74, 6) is 1.09. The van der Waals surface area contributed by atoms with Crippen LogP contribution in [0.1, 0.15) is 25.3 Å². The van der Waals surface area contributed by atoms with E-state index in [-0.39, 0.29) is 18.2 Å². The molecular formula is C21H24N2O4. The first kappa shape index (κ1) is 18.9. The Balaban J connectivity index is 1.62. The number of methoxy groups -OCH3 is 1. The van der Waals surface area contributed by atoms with Crippen LogP contribution in [0.15, 0.2) is 48.5 Å². The first-order chi connectivity index (χ1) is 13.1. The second-order valence-electron chi connectivity index (χ2n) is 6.40. The van der Waals surface area contributed by atoms with Gasteiger partial charge in [0, 0.05) is 6.54 Å². The molecule has 0 aromatic heterocycles. The van der Waals surface area contributed by atoms with Crippen molar-refractivity contribution >= 4 is 17.5 Å². The van der Waals surface area contributed by atoms with E-state index in [1.807, 2.05) is 31.2 Å². The number of hydrogen-bond acceptors (Lipinski definition) is 5. The van der Waals surface area contributed by atoms with Crippen LogP contribution in [-0.2, 0) is 16.1 Å². The zero-order valence-corrected chi connectivity index (χ0v) is 15.6. The second kappa shape index (κ2) is 8.68. The molecule has 1 heterocycles. The molecule has 0 spiro atoms. The van der Waals surface area contributed by atoms with Crippen LogP contribution >= 0.6 is 0 Å². The van der Waals surface area contributed by atoms with Crippen molar-refractivity contribution in [2.24, 2.45) is 0 Å². The predicted octanol–water partition coefficient (Wildman–Crippen LogP) is 2.91. The number of nitrogens with one attached hydrogen (secondary N) is 1. The lowest BCUT2D eigenvalue weighted by atomic mass is 10.2. The van der Waals surface area contributed by atoms with Gasteiger partial charge in [0.2, 0.25) is 5.91 Å². The van der Waals surface area contributed by atoms with Crippen LogP contribution in [0.25, 0.3) is 0 Å². The molecule has 1 aliphatic heterocycles. The van der Waals surface area contributed by atoms with Gasteiger partial charge in [-0.05, 0) is 48.4 Å². The molecule has 1 aliphatic rings. The Bertz CT molecular complexity index is 787. The van der Waals surface area contributed by atoms with Crippen LogP contribution in [-0.4, -0.2) is 31.6 Å². The van der Waals surface area contributed by atoms with Crippen LogP contribution in [0, 0.1) is 0 Å². The quantitative estimate of drug-likeness (QED) is 0.726. The van der Waals surface area contributed by atoms with Crippen LogP contribution < -0.4 is 19.7 Å². The molecule has 2 aromatic rings. The minimum Gasteiger partial charge on any atom is -0.497 e. The van der Waals surface area contributed by atoms with Gasteiger partial charge in [0.1, 0.15) is 11.5 Å². The Morgan fingerprint density at radius 2 is 1.70 bits per heavy atom. The fraction of sp³-hybridized carbons (Fsp3) is 0.333. The van der Waals surface area contributed by atoms with Gasteiger partial charge in [0.15, 0.2) is 0 Å². The van der Waals surface area contributed by atoms with E-state index >= 15 is 0 Å². The third-order valence-electron chi connectivity index (χ3n) is 4.43. The number of hydrogen-bond donors (Lipinski definition) is 1. The molecule has 1 atom stereocenters. The molecule has 0 aliphatic carbocycles. The minimum absolute atomic E-state index is 0.156. The van der Waals surface area contributed by atoms with Gasteiger partial charge < -0.3 is 14.8 Å². The molecule has 1 fully saturated rings. The number of carbonyl (C=O) groups excluding carboxylic acids is 2. The lowest BCUT2D eigenvalue weighted by molar-refractivity contribution is -0.121. The molecule has 0 bridgehead atoms. The molecule has 142 valence electrons. The minimum atomic E-state index is -0.518. The van der Waals surface area contributed by atoms with E-state index in [0.717, 1.165) is 23.5 Å². The normalized spacial score (nSPS) is 16.7. The van der Waals surface area contributed by atoms with E-state index in [1.165, 1.54) is 4.90 Å². The number of carbonyl (C=O) groups is 2. The van der Waals surface area contributed by atoms with E-state index in [0.29, 0.717) is 18.8 Å². The molecule has 1 saturated heterocycles. The van der Waals surface area contributed by atoms with Crippen molar-refractivity contribution in [2.75, 3.05) is 18.6 Å². The zero-order chi connectivity index (χ0) is 19.2. The highest BCUT2D eigenvalue weighted by Crippen LogP contribution is 2.25. The van der Waals surface area contributed by atoms with Gasteiger partial charge in [-0.15, -0.1) is 0 Å². The number of ether oxygens (including phenoxy) is 2. The van der Waals surface area contributed by atoms with E-state index in [1.54, 1.807) is 31.4 Å². The average Bonchev–Trinajstić information content (AvgIpc) is 2.99. The monoisotopic (exact) mass is 368 g/mol. The van der Waals surface area contributed by atoms with E-state index in [9.17, 15) is 9.59 Å². The van der Waals surface area contributed by atoms with Crippen LogP contribution in [0.3, 0.4) is 0 Å². The third kappa shape index (κ3) is 4.46. The lowest BCUT2D eigenvalue weighted by Gasteiger charge is -2.16. The van der Waals surface area contributed by atoms with Crippen molar-refractivity contribution in [3.05, 3.63) is 54.1 Å². The van der Waals surface area contributed by atoms with E-state index in [2.05, 4.69) is 5.32 Å². The van der Waals surface area contributed by atoms with Gasteiger partial charge >= 0.3 is 0 Å². The topological polar surface area (TPSA) is 67.9 Å². The highest BCUT2D eigenvalue weighted by molar-refractivity contribution is 6.22. The van der Waals surface area contributed by atoms with Crippen LogP contribution in [0.4, 0.5) is 5.69 Å². The molecule has 0 radical (unpaired) electrons. The Hall–Kier alpha value is -2.86. The highest BCUT2D eigenvalue weighted by atomic mass is 16.5. The first-order valence-corrected chi connectivity index (χ1v) is 9.08. The molecule has 3 rings (SSSR count). The number of anilines is 1. The summed E-state index contributed by atoms with van der Waals surface area (Å²) >= 11 is 0. The van der Waals surface area contributed by atoms with Gasteiger partial charge in [-0.1, -0.05) is 19.1 Å². The highest BCUT2D eigenvalue weighted by Gasteiger charge is 2.39. The lowest BCUT2D eigenvalue weighted by Crippen LogP contribution is -2.38. The van der Waals surface area contributed by atoms with E-state index < -0.39 is 6.04 Å². The number of amides is 2. The average molecular weight is 368 g/mol. The molecule has 2 amide bonds. The van der Waals surface area contributed by atoms with Crippen molar-refractivity contribution in [3.8, 4) is 11.5 Å². The summed E-state index contributed by atoms with van der Waals surface area (Å²) in [4.78, 5) is 26.3. The van der Waals surface area contributed by atoms with Crippen molar-refractivity contribution in [3.63, 3.8) is 0 Å². The maximum absolute atomic E-state index is 12.7. The fourth-order valence-corrected chi connectivity index (χ4v) is 2.96. The van der Waals surface area contributed by atoms with Gasteiger partial charge in [0.05, 0.1) is 31.9 Å². The Morgan fingerprint density at radius 3 is 2.33 bits per heavy atom. The maximum atomic E-state index is 12.7. The SMILES string of the molecule is CCCOc1ccc(N2C(=O)C[C@H](NCc3ccc(OC)cc3)C2=O)cc1. The predicted molar refractivity (Wildman–Crippen MR) is 103 cm³/mol. The summed E-state index contributed by atoms with van der Waals surface area (Å²) in [6.07, 6.45) is 1.08. The van der Waals surface area contributed by atoms with Crippen molar-refractivity contribution in [2.45, 2.75) is 32.4 Å².